The molecule has 0 aromatic heterocycles. The van der Waals surface area contributed by atoms with E-state index < -0.39 is 0 Å². The predicted octanol–water partition coefficient (Wildman–Crippen LogP) is 4.08. The van der Waals surface area contributed by atoms with Gasteiger partial charge in [0.25, 0.3) is 0 Å². The third-order valence-corrected chi connectivity index (χ3v) is 4.74. The van der Waals surface area contributed by atoms with Gasteiger partial charge in [0.1, 0.15) is 0 Å². The van der Waals surface area contributed by atoms with Crippen molar-refractivity contribution in [1.29, 1.82) is 0 Å². The minimum Gasteiger partial charge on any atom is -0.333 e. The molecule has 0 aliphatic carbocycles. The maximum Gasteiger partial charge on any atom is 0.246 e. The van der Waals surface area contributed by atoms with E-state index in [4.69, 9.17) is 0 Å². The first-order valence-electron chi connectivity index (χ1n) is 8.48. The molecule has 0 unspecified atom stereocenters. The van der Waals surface area contributed by atoms with Crippen LogP contribution in [0.1, 0.15) is 18.1 Å². The smallest absolute Gasteiger partial charge is 0.246 e. The highest BCUT2D eigenvalue weighted by atomic mass is 32.2. The van der Waals surface area contributed by atoms with Gasteiger partial charge >= 0.3 is 0 Å². The van der Waals surface area contributed by atoms with E-state index in [0.717, 1.165) is 22.6 Å². The second-order valence-corrected chi connectivity index (χ2v) is 6.72. The molecule has 5 heteroatoms. The minimum absolute atomic E-state index is 0.000656. The summed E-state index contributed by atoms with van der Waals surface area (Å²) in [5.41, 5.74) is 2.98. The lowest BCUT2D eigenvalue weighted by Gasteiger charge is -2.15. The van der Waals surface area contributed by atoms with Gasteiger partial charge in [0.15, 0.2) is 0 Å². The van der Waals surface area contributed by atoms with Crippen LogP contribution < -0.4 is 5.32 Å². The first kappa shape index (κ1) is 19.8. The number of hydrogen-bond donors (Lipinski definition) is 1. The maximum absolute atomic E-state index is 12.2. The van der Waals surface area contributed by atoms with Crippen molar-refractivity contribution in [2.75, 3.05) is 25.2 Å². The molecule has 4 nitrogen and oxygen atoms in total. The molecule has 1 N–H and O–H groups in total. The summed E-state index contributed by atoms with van der Waals surface area (Å²) in [6.45, 7) is 2.10. The lowest BCUT2D eigenvalue weighted by molar-refractivity contribution is -0.129. The van der Waals surface area contributed by atoms with E-state index in [-0.39, 0.29) is 18.4 Å². The van der Waals surface area contributed by atoms with Crippen molar-refractivity contribution in [3.8, 4) is 0 Å². The normalized spacial score (nSPS) is 10.7. The van der Waals surface area contributed by atoms with E-state index in [0.29, 0.717) is 0 Å². The zero-order valence-electron chi connectivity index (χ0n) is 15.4. The van der Waals surface area contributed by atoms with Crippen molar-refractivity contribution in [3.63, 3.8) is 0 Å². The fourth-order valence-corrected chi connectivity index (χ4v) is 2.94. The molecule has 0 fully saturated rings. The molecule has 0 heterocycles. The molecule has 0 atom stereocenters. The summed E-state index contributed by atoms with van der Waals surface area (Å²) < 4.78 is 0. The Labute approximate surface area is 159 Å². The number of aryl methyl sites for hydroxylation is 1. The van der Waals surface area contributed by atoms with Crippen molar-refractivity contribution >= 4 is 35.3 Å². The molecule has 0 saturated heterocycles. The summed E-state index contributed by atoms with van der Waals surface area (Å²) in [6.07, 6.45) is 6.20. The van der Waals surface area contributed by atoms with Gasteiger partial charge in [-0.15, -0.1) is 11.8 Å². The lowest BCUT2D eigenvalue weighted by atomic mass is 10.1. The van der Waals surface area contributed by atoms with Crippen LogP contribution in [0, 0.1) is 0 Å². The van der Waals surface area contributed by atoms with Crippen LogP contribution in [0.5, 0.6) is 0 Å². The highest BCUT2D eigenvalue weighted by molar-refractivity contribution is 7.98. The van der Waals surface area contributed by atoms with Crippen molar-refractivity contribution in [2.45, 2.75) is 18.2 Å². The summed E-state index contributed by atoms with van der Waals surface area (Å²) >= 11 is 1.56. The van der Waals surface area contributed by atoms with Crippen LogP contribution in [0.3, 0.4) is 0 Å². The molecular formula is C21H24N2O2S. The first-order valence-corrected chi connectivity index (χ1v) is 9.71. The summed E-state index contributed by atoms with van der Waals surface area (Å²) in [6, 6.07) is 15.6. The number of nitrogens with zero attached hydrogens (tertiary/aromatic N) is 1. The van der Waals surface area contributed by atoms with Crippen LogP contribution in [0.4, 0.5) is 5.69 Å². The lowest BCUT2D eigenvalue weighted by Crippen LogP contribution is -2.33. The van der Waals surface area contributed by atoms with Crippen LogP contribution in [0.2, 0.25) is 0 Å². The van der Waals surface area contributed by atoms with Crippen LogP contribution in [-0.2, 0) is 16.0 Å². The highest BCUT2D eigenvalue weighted by Gasteiger charge is 2.12. The SMILES string of the molecule is CCc1ccc(/C=C/C(=O)N(C)CC(=O)Nc2ccccc2SC)cc1. The standard InChI is InChI=1S/C21H24N2O2S/c1-4-16-9-11-17(12-10-16)13-14-21(25)23(2)15-20(24)22-18-7-5-6-8-19(18)26-3/h5-14H,4,15H2,1-3H3,(H,22,24)/b14-13+. The number of amides is 2. The van der Waals surface area contributed by atoms with Crippen LogP contribution in [0.25, 0.3) is 6.08 Å². The van der Waals surface area contributed by atoms with Gasteiger partial charge in [-0.05, 0) is 42.0 Å². The molecule has 0 aliphatic heterocycles. The molecule has 2 amide bonds. The number of thioether (sulfide) groups is 1. The van der Waals surface area contributed by atoms with Gasteiger partial charge in [0.2, 0.25) is 11.8 Å². The van der Waals surface area contributed by atoms with Crippen molar-refractivity contribution in [3.05, 3.63) is 65.7 Å². The van der Waals surface area contributed by atoms with Gasteiger partial charge in [0.05, 0.1) is 12.2 Å². The number of likely N-dealkylation sites (N-methyl/N-ethyl adjacent to an activating group) is 1. The molecule has 136 valence electrons. The molecule has 0 bridgehead atoms. The Hall–Kier alpha value is -2.53. The van der Waals surface area contributed by atoms with Crippen molar-refractivity contribution in [2.24, 2.45) is 0 Å². The number of nitrogens with one attached hydrogen (secondary N) is 1. The molecule has 0 radical (unpaired) electrons. The number of anilines is 1. The number of hydrogen-bond acceptors (Lipinski definition) is 3. The average molecular weight is 369 g/mol. The zero-order chi connectivity index (χ0) is 18.9. The monoisotopic (exact) mass is 368 g/mol. The molecule has 2 aromatic rings. The molecule has 0 saturated carbocycles. The number of carbonyl (C=O) groups excluding carboxylic acids is 2. The molecule has 2 rings (SSSR count). The number of rotatable bonds is 7. The Kier molecular flexibility index (Phi) is 7.48. The molecule has 2 aromatic carbocycles. The average Bonchev–Trinajstić information content (AvgIpc) is 2.66. The number of para-hydroxylation sites is 1. The highest BCUT2D eigenvalue weighted by Crippen LogP contribution is 2.24. The van der Waals surface area contributed by atoms with Gasteiger partial charge in [-0.3, -0.25) is 9.59 Å². The molecule has 0 spiro atoms. The van der Waals surface area contributed by atoms with Gasteiger partial charge < -0.3 is 10.2 Å². The van der Waals surface area contributed by atoms with Crippen LogP contribution in [0.15, 0.2) is 59.5 Å². The van der Waals surface area contributed by atoms with E-state index in [1.54, 1.807) is 24.9 Å². The Bertz CT molecular complexity index is 785. The quantitative estimate of drug-likeness (QED) is 0.592. The summed E-state index contributed by atoms with van der Waals surface area (Å²) in [7, 11) is 1.62. The fraction of sp³-hybridized carbons (Fsp3) is 0.238. The van der Waals surface area contributed by atoms with Gasteiger partial charge in [-0.1, -0.05) is 43.3 Å². The van der Waals surface area contributed by atoms with Crippen molar-refractivity contribution < 1.29 is 9.59 Å². The number of benzene rings is 2. The summed E-state index contributed by atoms with van der Waals surface area (Å²) in [5, 5.41) is 2.86. The van der Waals surface area contributed by atoms with Crippen LogP contribution >= 0.6 is 11.8 Å². The van der Waals surface area contributed by atoms with Crippen LogP contribution in [-0.4, -0.2) is 36.6 Å². The second-order valence-electron chi connectivity index (χ2n) is 5.87. The first-order chi connectivity index (χ1) is 12.5. The Balaban J connectivity index is 1.91. The predicted molar refractivity (Wildman–Crippen MR) is 109 cm³/mol. The Morgan fingerprint density at radius 3 is 2.46 bits per heavy atom. The minimum atomic E-state index is -0.219. The second kappa shape index (κ2) is 9.82. The molecular weight excluding hydrogens is 344 g/mol. The number of carbonyl (C=O) groups is 2. The largest absolute Gasteiger partial charge is 0.333 e. The molecule has 26 heavy (non-hydrogen) atoms. The maximum atomic E-state index is 12.2. The molecule has 0 aliphatic rings. The zero-order valence-corrected chi connectivity index (χ0v) is 16.2. The third kappa shape index (κ3) is 5.77. The van der Waals surface area contributed by atoms with E-state index in [1.165, 1.54) is 16.5 Å². The summed E-state index contributed by atoms with van der Waals surface area (Å²) in [5.74, 6) is -0.430. The Morgan fingerprint density at radius 2 is 1.81 bits per heavy atom. The van der Waals surface area contributed by atoms with Gasteiger partial charge in [-0.25, -0.2) is 0 Å². The van der Waals surface area contributed by atoms with E-state index in [9.17, 15) is 9.59 Å². The Morgan fingerprint density at radius 1 is 1.12 bits per heavy atom. The van der Waals surface area contributed by atoms with E-state index in [2.05, 4.69) is 12.2 Å². The van der Waals surface area contributed by atoms with E-state index >= 15 is 0 Å². The van der Waals surface area contributed by atoms with Crippen molar-refractivity contribution in [1.82, 2.24) is 4.90 Å². The van der Waals surface area contributed by atoms with Gasteiger partial charge in [0, 0.05) is 18.0 Å². The topological polar surface area (TPSA) is 49.4 Å². The summed E-state index contributed by atoms with van der Waals surface area (Å²) in [4.78, 5) is 26.8. The third-order valence-electron chi connectivity index (χ3n) is 3.94. The van der Waals surface area contributed by atoms with Gasteiger partial charge in [-0.2, -0.15) is 0 Å². The fourth-order valence-electron chi connectivity index (χ4n) is 2.39. The van der Waals surface area contributed by atoms with E-state index in [1.807, 2.05) is 54.8 Å².